The summed E-state index contributed by atoms with van der Waals surface area (Å²) in [4.78, 5) is 8.09. The summed E-state index contributed by atoms with van der Waals surface area (Å²) >= 11 is 1.91. The van der Waals surface area contributed by atoms with E-state index in [1.54, 1.807) is 0 Å². The van der Waals surface area contributed by atoms with Crippen molar-refractivity contribution in [1.29, 1.82) is 0 Å². The average Bonchev–Trinajstić information content (AvgIpc) is 2.66. The molecule has 0 amide bonds. The third kappa shape index (κ3) is 2.55. The van der Waals surface area contributed by atoms with Crippen LogP contribution >= 0.6 is 11.8 Å². The fraction of sp³-hybridized carbons (Fsp3) is 0.429. The van der Waals surface area contributed by atoms with Gasteiger partial charge < -0.3 is 9.80 Å². The monoisotopic (exact) mass is 336 g/mol. The number of para-hydroxylation sites is 2. The van der Waals surface area contributed by atoms with Crippen molar-refractivity contribution in [2.75, 3.05) is 24.5 Å². The van der Waals surface area contributed by atoms with Gasteiger partial charge in [0.05, 0.1) is 11.4 Å². The van der Waals surface area contributed by atoms with E-state index in [2.05, 4.69) is 58.3 Å². The van der Waals surface area contributed by atoms with Gasteiger partial charge in [0.25, 0.3) is 0 Å². The van der Waals surface area contributed by atoms with E-state index in [1.165, 1.54) is 59.9 Å². The molecule has 0 saturated carbocycles. The molecule has 3 saturated heterocycles. The second-order valence-corrected chi connectivity index (χ2v) is 8.43. The first-order valence-electron chi connectivity index (χ1n) is 9.26. The Bertz CT molecular complexity index is 691. The van der Waals surface area contributed by atoms with Gasteiger partial charge in [-0.05, 0) is 69.0 Å². The second-order valence-electron chi connectivity index (χ2n) is 7.35. The molecule has 2 bridgehead atoms. The smallest absolute Gasteiger partial charge is 0.0552 e. The summed E-state index contributed by atoms with van der Waals surface area (Å²) in [5.41, 5.74) is 2.77. The maximum Gasteiger partial charge on any atom is 0.0552 e. The van der Waals surface area contributed by atoms with Crippen LogP contribution in [0.5, 0.6) is 0 Å². The zero-order chi connectivity index (χ0) is 15.9. The zero-order valence-electron chi connectivity index (χ0n) is 14.0. The zero-order valence-corrected chi connectivity index (χ0v) is 14.8. The first-order chi connectivity index (χ1) is 11.9. The van der Waals surface area contributed by atoms with Crippen LogP contribution in [-0.2, 0) is 0 Å². The summed E-state index contributed by atoms with van der Waals surface area (Å²) in [6.45, 7) is 3.79. The lowest BCUT2D eigenvalue weighted by molar-refractivity contribution is 0.0464. The van der Waals surface area contributed by atoms with Gasteiger partial charge in [0, 0.05) is 22.4 Å². The summed E-state index contributed by atoms with van der Waals surface area (Å²) < 4.78 is 0. The molecule has 1 atom stereocenters. The molecule has 0 N–H and O–H groups in total. The Kier molecular flexibility index (Phi) is 3.79. The van der Waals surface area contributed by atoms with Gasteiger partial charge in [-0.1, -0.05) is 36.0 Å². The number of anilines is 2. The minimum Gasteiger partial charge on any atom is -0.340 e. The topological polar surface area (TPSA) is 6.48 Å². The van der Waals surface area contributed by atoms with E-state index in [9.17, 15) is 0 Å². The fourth-order valence-electron chi connectivity index (χ4n) is 4.69. The highest BCUT2D eigenvalue weighted by molar-refractivity contribution is 7.99. The van der Waals surface area contributed by atoms with Crippen LogP contribution in [0.2, 0.25) is 0 Å². The number of rotatable bonds is 3. The van der Waals surface area contributed by atoms with Crippen LogP contribution in [-0.4, -0.2) is 30.6 Å². The molecule has 0 radical (unpaired) electrons. The molecule has 3 heteroatoms. The van der Waals surface area contributed by atoms with E-state index in [4.69, 9.17) is 0 Å². The molecule has 124 valence electrons. The number of piperidine rings is 3. The molecule has 1 unspecified atom stereocenters. The number of hydrogen-bond acceptors (Lipinski definition) is 3. The summed E-state index contributed by atoms with van der Waals surface area (Å²) in [6, 6.07) is 18.5. The van der Waals surface area contributed by atoms with Crippen molar-refractivity contribution in [1.82, 2.24) is 4.90 Å². The standard InChI is InChI=1S/C21H24N2S/c1-3-7-20-18(5-1)23(19-6-2-4-8-21(19)24-20)14-11-17-15-16-9-12-22(17)13-10-16/h1-8,16-17H,9-15H2. The van der Waals surface area contributed by atoms with Gasteiger partial charge in [0.15, 0.2) is 0 Å². The molecule has 0 aromatic heterocycles. The highest BCUT2D eigenvalue weighted by Gasteiger charge is 2.34. The molecule has 0 spiro atoms. The Morgan fingerprint density at radius 1 is 0.875 bits per heavy atom. The molecule has 6 rings (SSSR count). The van der Waals surface area contributed by atoms with Crippen molar-refractivity contribution >= 4 is 23.1 Å². The second kappa shape index (κ2) is 6.12. The van der Waals surface area contributed by atoms with Crippen LogP contribution in [0.3, 0.4) is 0 Å². The SMILES string of the molecule is c1ccc2c(c1)Sc1ccccc1N2CCC1CC2CCN1CC2. The summed E-state index contributed by atoms with van der Waals surface area (Å²) in [5.74, 6) is 0.997. The molecule has 4 aliphatic rings. The van der Waals surface area contributed by atoms with Crippen molar-refractivity contribution in [3.8, 4) is 0 Å². The third-order valence-corrected chi connectivity index (χ3v) is 7.12. The minimum absolute atomic E-state index is 0.798. The predicted octanol–water partition coefficient (Wildman–Crippen LogP) is 5.16. The molecule has 2 aromatic carbocycles. The van der Waals surface area contributed by atoms with Crippen LogP contribution in [0.1, 0.15) is 25.7 Å². The van der Waals surface area contributed by atoms with Crippen molar-refractivity contribution in [2.45, 2.75) is 41.5 Å². The first kappa shape index (κ1) is 14.9. The lowest BCUT2D eigenvalue weighted by atomic mass is 9.82. The molecular formula is C21H24N2S. The normalized spacial score (nSPS) is 27.7. The highest BCUT2D eigenvalue weighted by Crippen LogP contribution is 2.48. The van der Waals surface area contributed by atoms with Crippen LogP contribution in [0.25, 0.3) is 0 Å². The van der Waals surface area contributed by atoms with E-state index >= 15 is 0 Å². The Morgan fingerprint density at radius 2 is 1.50 bits per heavy atom. The van der Waals surface area contributed by atoms with Crippen molar-refractivity contribution in [3.63, 3.8) is 0 Å². The number of benzene rings is 2. The van der Waals surface area contributed by atoms with E-state index in [1.807, 2.05) is 11.8 Å². The molecule has 24 heavy (non-hydrogen) atoms. The van der Waals surface area contributed by atoms with Crippen LogP contribution in [0.15, 0.2) is 58.3 Å². The summed E-state index contributed by atoms with van der Waals surface area (Å²) in [6.07, 6.45) is 5.57. The van der Waals surface area contributed by atoms with Crippen LogP contribution in [0, 0.1) is 5.92 Å². The van der Waals surface area contributed by atoms with Gasteiger partial charge >= 0.3 is 0 Å². The number of fused-ring (bicyclic) bond motifs is 5. The Balaban J connectivity index is 1.41. The quantitative estimate of drug-likeness (QED) is 0.764. The largest absolute Gasteiger partial charge is 0.340 e. The van der Waals surface area contributed by atoms with Gasteiger partial charge in [-0.2, -0.15) is 0 Å². The van der Waals surface area contributed by atoms with Crippen molar-refractivity contribution in [3.05, 3.63) is 48.5 Å². The Labute approximate surface area is 148 Å². The summed E-state index contributed by atoms with van der Waals surface area (Å²) in [7, 11) is 0. The van der Waals surface area contributed by atoms with Gasteiger partial charge in [-0.15, -0.1) is 0 Å². The lowest BCUT2D eigenvalue weighted by Gasteiger charge is -2.46. The van der Waals surface area contributed by atoms with Gasteiger partial charge in [-0.25, -0.2) is 0 Å². The van der Waals surface area contributed by atoms with Crippen LogP contribution in [0.4, 0.5) is 11.4 Å². The van der Waals surface area contributed by atoms with Gasteiger partial charge in [0.1, 0.15) is 0 Å². The summed E-state index contributed by atoms with van der Waals surface area (Å²) in [5, 5.41) is 0. The van der Waals surface area contributed by atoms with Gasteiger partial charge in [-0.3, -0.25) is 0 Å². The molecule has 0 aliphatic carbocycles. The average molecular weight is 337 g/mol. The van der Waals surface area contributed by atoms with Crippen molar-refractivity contribution in [2.24, 2.45) is 5.92 Å². The van der Waals surface area contributed by atoms with E-state index in [0.29, 0.717) is 0 Å². The van der Waals surface area contributed by atoms with E-state index in [-0.39, 0.29) is 0 Å². The maximum absolute atomic E-state index is 2.75. The molecule has 2 aromatic rings. The molecular weight excluding hydrogens is 312 g/mol. The lowest BCUT2D eigenvalue weighted by Crippen LogP contribution is -2.49. The van der Waals surface area contributed by atoms with E-state index < -0.39 is 0 Å². The maximum atomic E-state index is 2.75. The Hall–Kier alpha value is -1.45. The highest BCUT2D eigenvalue weighted by atomic mass is 32.2. The molecule has 4 heterocycles. The third-order valence-electron chi connectivity index (χ3n) is 5.99. The Morgan fingerprint density at radius 3 is 2.08 bits per heavy atom. The minimum atomic E-state index is 0.798. The molecule has 2 nitrogen and oxygen atoms in total. The predicted molar refractivity (Wildman–Crippen MR) is 101 cm³/mol. The molecule has 4 aliphatic heterocycles. The number of nitrogens with zero attached hydrogens (tertiary/aromatic N) is 2. The van der Waals surface area contributed by atoms with Gasteiger partial charge in [0.2, 0.25) is 0 Å². The number of hydrogen-bond donors (Lipinski definition) is 0. The fourth-order valence-corrected chi connectivity index (χ4v) is 5.78. The first-order valence-corrected chi connectivity index (χ1v) is 10.1. The van der Waals surface area contributed by atoms with Crippen LogP contribution < -0.4 is 4.90 Å². The van der Waals surface area contributed by atoms with E-state index in [0.717, 1.165) is 18.5 Å². The molecule has 3 fully saturated rings. The van der Waals surface area contributed by atoms with Crippen molar-refractivity contribution < 1.29 is 0 Å².